The number of nitrogens with one attached hydrogen (secondary N) is 1. The number of para-hydroxylation sites is 3. The van der Waals surface area contributed by atoms with E-state index in [-0.39, 0.29) is 15.8 Å². The monoisotopic (exact) mass is 502 g/mol. The van der Waals surface area contributed by atoms with E-state index >= 15 is 0 Å². The smallest absolute Gasteiger partial charge is 0.411 e. The van der Waals surface area contributed by atoms with Gasteiger partial charge in [0.05, 0.1) is 0 Å². The molecule has 0 aromatic heterocycles. The van der Waals surface area contributed by atoms with Crippen LogP contribution in [0.15, 0.2) is 78.9 Å². The van der Waals surface area contributed by atoms with E-state index in [2.05, 4.69) is 5.32 Å². The van der Waals surface area contributed by atoms with Crippen molar-refractivity contribution in [3.8, 4) is 11.5 Å². The van der Waals surface area contributed by atoms with Gasteiger partial charge in [-0.2, -0.15) is 0 Å². The summed E-state index contributed by atoms with van der Waals surface area (Å²) in [7, 11) is 1.51. The maximum absolute atomic E-state index is 12.4. The average Bonchev–Trinajstić information content (AvgIpc) is 2.75. The first kappa shape index (κ1) is 24.6. The van der Waals surface area contributed by atoms with Crippen molar-refractivity contribution >= 4 is 41.9 Å². The van der Waals surface area contributed by atoms with Gasteiger partial charge in [0.1, 0.15) is 0 Å². The number of benzene rings is 3. The van der Waals surface area contributed by atoms with Crippen molar-refractivity contribution in [1.82, 2.24) is 0 Å². The summed E-state index contributed by atoms with van der Waals surface area (Å²) >= 11 is -4.98. The molecule has 0 radical (unpaired) electrons. The van der Waals surface area contributed by atoms with Crippen LogP contribution < -0.4 is 18.3 Å². The van der Waals surface area contributed by atoms with E-state index in [0.717, 1.165) is 0 Å². The minimum absolute atomic E-state index is 0.0624. The molecule has 10 heteroatoms. The van der Waals surface area contributed by atoms with Crippen molar-refractivity contribution in [2.75, 3.05) is 17.3 Å². The van der Waals surface area contributed by atoms with Crippen molar-refractivity contribution in [3.05, 3.63) is 78.9 Å². The summed E-state index contributed by atoms with van der Waals surface area (Å²) in [6.45, 7) is 1.27. The van der Waals surface area contributed by atoms with Crippen LogP contribution in [0, 0.1) is 0 Å². The Morgan fingerprint density at radius 1 is 0.938 bits per heavy atom. The Morgan fingerprint density at radius 2 is 1.50 bits per heavy atom. The molecule has 0 fully saturated rings. The van der Waals surface area contributed by atoms with Crippen molar-refractivity contribution in [3.63, 3.8) is 0 Å². The first-order chi connectivity index (χ1) is 15.1. The van der Waals surface area contributed by atoms with Gasteiger partial charge < -0.3 is 5.11 Å². The second-order valence-corrected chi connectivity index (χ2v) is 10.0. The van der Waals surface area contributed by atoms with E-state index in [1.54, 1.807) is 54.6 Å². The molecule has 1 atom stereocenters. The predicted molar refractivity (Wildman–Crippen MR) is 121 cm³/mol. The Balaban J connectivity index is 0.000000278. The van der Waals surface area contributed by atoms with E-state index in [4.69, 9.17) is 8.83 Å². The predicted octanol–water partition coefficient (Wildman–Crippen LogP) is 2.80. The standard InChI is InChI=1S/C14H14AsNO5.C8H9NO2/c1-10(17)16-13-9-5-8-12(14(13)18)15(19,20)21-11-6-3-2-4-7-11;1-9(8(10)11)7-5-3-2-4-6-7/h2-9,18H,1H3,(H,16,17)(H,19,20);2-6H,1H3,(H,10,11). The van der Waals surface area contributed by atoms with Crippen LogP contribution in [-0.4, -0.2) is 47.5 Å². The Bertz CT molecular complexity index is 1110. The zero-order chi connectivity index (χ0) is 23.7. The summed E-state index contributed by atoms with van der Waals surface area (Å²) in [5, 5.41) is 21.0. The fourth-order valence-corrected chi connectivity index (χ4v) is 4.94. The molecule has 0 saturated heterocycles. The Labute approximate surface area is 187 Å². The molecule has 3 rings (SSSR count). The SMILES string of the molecule is CC(=O)Nc1cccc([As](=O)(O)Oc2ccccc2)c1O.CN(C(=O)O)c1ccccc1. The third-order valence-electron chi connectivity index (χ3n) is 4.03. The summed E-state index contributed by atoms with van der Waals surface area (Å²) in [6.07, 6.45) is -0.948. The quantitative estimate of drug-likeness (QED) is 0.311. The van der Waals surface area contributed by atoms with Crippen molar-refractivity contribution in [2.24, 2.45) is 0 Å². The van der Waals surface area contributed by atoms with Gasteiger partial charge in [-0.3, -0.25) is 4.90 Å². The molecule has 0 saturated carbocycles. The summed E-state index contributed by atoms with van der Waals surface area (Å²) in [6, 6.07) is 21.3. The molecule has 0 aliphatic heterocycles. The molecule has 1 unspecified atom stereocenters. The normalized spacial score (nSPS) is 11.8. The zero-order valence-corrected chi connectivity index (χ0v) is 19.3. The van der Waals surface area contributed by atoms with Gasteiger partial charge in [-0.05, 0) is 12.1 Å². The van der Waals surface area contributed by atoms with E-state index in [1.165, 1.54) is 37.1 Å². The van der Waals surface area contributed by atoms with Crippen LogP contribution >= 0.6 is 0 Å². The van der Waals surface area contributed by atoms with Crippen LogP contribution in [0.1, 0.15) is 6.92 Å². The van der Waals surface area contributed by atoms with E-state index in [9.17, 15) is 22.5 Å². The first-order valence-electron chi connectivity index (χ1n) is 9.31. The van der Waals surface area contributed by atoms with Gasteiger partial charge in [-0.25, -0.2) is 4.79 Å². The number of hydrogen-bond donors (Lipinski definition) is 4. The minimum Gasteiger partial charge on any atom is -0.465 e. The minimum atomic E-state index is -4.98. The number of rotatable bonds is 5. The van der Waals surface area contributed by atoms with E-state index in [0.29, 0.717) is 5.69 Å². The molecule has 9 nitrogen and oxygen atoms in total. The summed E-state index contributed by atoms with van der Waals surface area (Å²) in [4.78, 5) is 22.6. The maximum atomic E-state index is 12.4. The third-order valence-corrected chi connectivity index (χ3v) is 7.03. The molecule has 0 heterocycles. The van der Waals surface area contributed by atoms with Gasteiger partial charge in [0, 0.05) is 12.7 Å². The molecule has 4 N–H and O–H groups in total. The average molecular weight is 502 g/mol. The van der Waals surface area contributed by atoms with Crippen LogP contribution in [0.2, 0.25) is 0 Å². The van der Waals surface area contributed by atoms with Crippen LogP contribution in [0.5, 0.6) is 11.5 Å². The van der Waals surface area contributed by atoms with Crippen molar-refractivity contribution in [2.45, 2.75) is 6.92 Å². The number of amides is 2. The van der Waals surface area contributed by atoms with Crippen LogP contribution in [-0.2, 0) is 8.53 Å². The van der Waals surface area contributed by atoms with Gasteiger partial charge in [-0.15, -0.1) is 0 Å². The van der Waals surface area contributed by atoms with Crippen molar-refractivity contribution < 1.29 is 31.4 Å². The summed E-state index contributed by atoms with van der Waals surface area (Å²) in [5.41, 5.74) is 0.743. The fourth-order valence-electron chi connectivity index (χ4n) is 2.49. The summed E-state index contributed by atoms with van der Waals surface area (Å²) in [5.74, 6) is -0.632. The van der Waals surface area contributed by atoms with Gasteiger partial charge in [0.2, 0.25) is 0 Å². The van der Waals surface area contributed by atoms with E-state index < -0.39 is 31.9 Å². The fraction of sp³-hybridized carbons (Fsp3) is 0.0909. The second-order valence-electron chi connectivity index (χ2n) is 6.46. The van der Waals surface area contributed by atoms with Crippen molar-refractivity contribution in [1.29, 1.82) is 0 Å². The number of nitrogens with zero attached hydrogens (tertiary/aromatic N) is 1. The number of carbonyl (C=O) groups excluding carboxylic acids is 1. The van der Waals surface area contributed by atoms with Gasteiger partial charge in [0.25, 0.3) is 0 Å². The molecule has 0 aliphatic rings. The number of phenols is 1. The Kier molecular flexibility index (Phi) is 8.52. The van der Waals surface area contributed by atoms with Gasteiger partial charge in [0.15, 0.2) is 0 Å². The molecule has 3 aromatic carbocycles. The molecule has 0 aliphatic carbocycles. The topological polar surface area (TPSA) is 136 Å². The zero-order valence-electron chi connectivity index (χ0n) is 17.4. The second kappa shape index (κ2) is 11.1. The molecule has 3 aromatic rings. The number of carbonyl (C=O) groups is 2. The van der Waals surface area contributed by atoms with Gasteiger partial charge >= 0.3 is 130 Å². The van der Waals surface area contributed by atoms with E-state index in [1.807, 2.05) is 6.07 Å². The van der Waals surface area contributed by atoms with Crippen LogP contribution in [0.3, 0.4) is 0 Å². The molecular formula is C22H23AsN2O7. The Morgan fingerprint density at radius 3 is 2.03 bits per heavy atom. The third kappa shape index (κ3) is 6.94. The maximum Gasteiger partial charge on any atom is 0.411 e. The Hall–Kier alpha value is -3.68. The molecular weight excluding hydrogens is 479 g/mol. The van der Waals surface area contributed by atoms with Gasteiger partial charge in [-0.1, -0.05) is 18.2 Å². The number of carboxylic acid groups (broad SMARTS) is 1. The molecule has 0 bridgehead atoms. The largest absolute Gasteiger partial charge is 0.465 e. The van der Waals surface area contributed by atoms with Crippen LogP contribution in [0.4, 0.5) is 16.2 Å². The first-order valence-corrected chi connectivity index (χ1v) is 12.6. The van der Waals surface area contributed by atoms with Crippen LogP contribution in [0.25, 0.3) is 0 Å². The number of phenolic OH excluding ortho intramolecular Hbond substituents is 1. The summed E-state index contributed by atoms with van der Waals surface area (Å²) < 4.78 is 27.4. The molecule has 168 valence electrons. The molecule has 0 spiro atoms. The molecule has 32 heavy (non-hydrogen) atoms. The number of anilines is 2. The number of hydrogen-bond acceptors (Lipinski definition) is 5. The molecule has 2 amide bonds. The number of aromatic hydroxyl groups is 1.